The largest absolute Gasteiger partial charge is 0.326 e. The van der Waals surface area contributed by atoms with Crippen LogP contribution in [0.4, 0.5) is 5.69 Å². The number of rotatable bonds is 4. The number of halogens is 1. The van der Waals surface area contributed by atoms with Crippen LogP contribution in [0.5, 0.6) is 0 Å². The van der Waals surface area contributed by atoms with Crippen molar-refractivity contribution in [1.29, 1.82) is 0 Å². The van der Waals surface area contributed by atoms with Gasteiger partial charge in [0.15, 0.2) is 0 Å². The fourth-order valence-corrected chi connectivity index (χ4v) is 6.38. The van der Waals surface area contributed by atoms with Crippen LogP contribution >= 0.6 is 11.6 Å². The first kappa shape index (κ1) is 20.1. The second-order valence-electron chi connectivity index (χ2n) is 7.55. The number of anilines is 1. The summed E-state index contributed by atoms with van der Waals surface area (Å²) in [6.07, 6.45) is 1.59. The third kappa shape index (κ3) is 3.70. The molecular formula is C21H21ClN2O4S. The van der Waals surface area contributed by atoms with Crippen molar-refractivity contribution in [2.45, 2.75) is 43.2 Å². The van der Waals surface area contributed by atoms with Gasteiger partial charge in [-0.3, -0.25) is 9.59 Å². The lowest BCUT2D eigenvalue weighted by Crippen LogP contribution is -2.56. The highest BCUT2D eigenvalue weighted by Gasteiger charge is 2.52. The van der Waals surface area contributed by atoms with Crippen LogP contribution in [-0.2, 0) is 19.6 Å². The Labute approximate surface area is 174 Å². The molecule has 2 aliphatic heterocycles. The van der Waals surface area contributed by atoms with Gasteiger partial charge in [0.25, 0.3) is 0 Å². The minimum Gasteiger partial charge on any atom is -0.326 e. The fraction of sp³-hybridized carbons (Fsp3) is 0.333. The van der Waals surface area contributed by atoms with Crippen LogP contribution in [0.2, 0.25) is 5.02 Å². The predicted molar refractivity (Wildman–Crippen MR) is 110 cm³/mol. The van der Waals surface area contributed by atoms with E-state index in [-0.39, 0.29) is 35.0 Å². The maximum absolute atomic E-state index is 13.5. The molecule has 8 heteroatoms. The van der Waals surface area contributed by atoms with Crippen LogP contribution in [0.1, 0.15) is 37.8 Å². The third-order valence-electron chi connectivity index (χ3n) is 5.64. The van der Waals surface area contributed by atoms with Crippen LogP contribution in [0.15, 0.2) is 53.4 Å². The van der Waals surface area contributed by atoms with E-state index in [9.17, 15) is 18.0 Å². The predicted octanol–water partition coefficient (Wildman–Crippen LogP) is 3.78. The summed E-state index contributed by atoms with van der Waals surface area (Å²) in [4.78, 5) is 24.0. The second-order valence-corrected chi connectivity index (χ2v) is 9.82. The molecule has 29 heavy (non-hydrogen) atoms. The maximum atomic E-state index is 13.5. The second kappa shape index (κ2) is 7.55. The van der Waals surface area contributed by atoms with E-state index in [0.29, 0.717) is 23.6 Å². The lowest BCUT2D eigenvalue weighted by molar-refractivity contribution is -0.133. The zero-order valence-corrected chi connectivity index (χ0v) is 17.4. The number of carbonyl (C=O) groups excluding carboxylic acids is 2. The SMILES string of the molecule is CC(=O)Nc1ccc([C@@H]2[C@@H]3CC[C@@H](CC3=O)N2S(=O)(=O)c2ccc(Cl)cc2)cc1. The number of ketones is 1. The smallest absolute Gasteiger partial charge is 0.243 e. The Bertz CT molecular complexity index is 1050. The number of fused-ring (bicyclic) bond motifs is 3. The minimum atomic E-state index is -3.81. The van der Waals surface area contributed by atoms with Gasteiger partial charge in [0.2, 0.25) is 15.9 Å². The van der Waals surface area contributed by atoms with Crippen LogP contribution in [0.3, 0.4) is 0 Å². The van der Waals surface area contributed by atoms with Crippen LogP contribution in [-0.4, -0.2) is 30.5 Å². The number of hydrogen-bond donors (Lipinski definition) is 1. The molecule has 0 unspecified atom stereocenters. The summed E-state index contributed by atoms with van der Waals surface area (Å²) in [5.41, 5.74) is 1.38. The molecule has 2 aromatic carbocycles. The van der Waals surface area contributed by atoms with Crippen molar-refractivity contribution in [3.05, 3.63) is 59.1 Å². The molecule has 3 aliphatic rings. The molecule has 1 amide bonds. The van der Waals surface area contributed by atoms with Gasteiger partial charge in [-0.2, -0.15) is 4.31 Å². The molecule has 1 saturated carbocycles. The van der Waals surface area contributed by atoms with Crippen molar-refractivity contribution in [2.75, 3.05) is 5.32 Å². The molecule has 2 bridgehead atoms. The molecule has 0 aromatic heterocycles. The van der Waals surface area contributed by atoms with Gasteiger partial charge in [0.05, 0.1) is 10.9 Å². The highest BCUT2D eigenvalue weighted by Crippen LogP contribution is 2.48. The van der Waals surface area contributed by atoms with Crippen molar-refractivity contribution >= 4 is 39.0 Å². The Morgan fingerprint density at radius 1 is 1.07 bits per heavy atom. The van der Waals surface area contributed by atoms with Gasteiger partial charge in [0, 0.05) is 36.0 Å². The minimum absolute atomic E-state index is 0.111. The van der Waals surface area contributed by atoms with Gasteiger partial charge < -0.3 is 5.32 Å². The monoisotopic (exact) mass is 432 g/mol. The molecule has 5 rings (SSSR count). The first-order valence-corrected chi connectivity index (χ1v) is 11.3. The Morgan fingerprint density at radius 2 is 1.72 bits per heavy atom. The molecule has 2 heterocycles. The van der Waals surface area contributed by atoms with E-state index in [1.54, 1.807) is 36.4 Å². The summed E-state index contributed by atoms with van der Waals surface area (Å²) in [6, 6.07) is 12.2. The normalized spacial score (nSPS) is 24.5. The molecular weight excluding hydrogens is 412 g/mol. The molecule has 0 spiro atoms. The number of amides is 1. The fourth-order valence-electron chi connectivity index (χ4n) is 4.39. The first-order valence-electron chi connectivity index (χ1n) is 9.47. The van der Waals surface area contributed by atoms with E-state index in [4.69, 9.17) is 11.6 Å². The van der Waals surface area contributed by atoms with Crippen molar-refractivity contribution in [3.8, 4) is 0 Å². The summed E-state index contributed by atoms with van der Waals surface area (Å²) in [5.74, 6) is -0.440. The molecule has 152 valence electrons. The number of piperidine rings is 2. The topological polar surface area (TPSA) is 83.6 Å². The molecule has 1 aliphatic carbocycles. The molecule has 2 aromatic rings. The molecule has 0 radical (unpaired) electrons. The molecule has 1 N–H and O–H groups in total. The highest BCUT2D eigenvalue weighted by atomic mass is 35.5. The summed E-state index contributed by atoms with van der Waals surface area (Å²) in [5, 5.41) is 3.16. The Hall–Kier alpha value is -2.22. The summed E-state index contributed by atoms with van der Waals surface area (Å²) in [6.45, 7) is 1.42. The van der Waals surface area contributed by atoms with Gasteiger partial charge in [-0.05, 0) is 54.8 Å². The molecule has 3 atom stereocenters. The van der Waals surface area contributed by atoms with Gasteiger partial charge in [-0.15, -0.1) is 0 Å². The van der Waals surface area contributed by atoms with Crippen molar-refractivity contribution < 1.29 is 18.0 Å². The Kier molecular flexibility index (Phi) is 5.23. The number of carbonyl (C=O) groups is 2. The Balaban J connectivity index is 1.76. The zero-order chi connectivity index (χ0) is 20.8. The van der Waals surface area contributed by atoms with Gasteiger partial charge in [-0.1, -0.05) is 23.7 Å². The summed E-state index contributed by atoms with van der Waals surface area (Å²) >= 11 is 5.92. The molecule has 3 fully saturated rings. The molecule has 6 nitrogen and oxygen atoms in total. The van der Waals surface area contributed by atoms with Crippen LogP contribution in [0, 0.1) is 5.92 Å². The zero-order valence-electron chi connectivity index (χ0n) is 15.8. The quantitative estimate of drug-likeness (QED) is 0.796. The number of nitrogens with zero attached hydrogens (tertiary/aromatic N) is 1. The van der Waals surface area contributed by atoms with Gasteiger partial charge >= 0.3 is 0 Å². The van der Waals surface area contributed by atoms with Crippen molar-refractivity contribution in [2.24, 2.45) is 5.92 Å². The van der Waals surface area contributed by atoms with E-state index in [2.05, 4.69) is 5.32 Å². The number of hydrogen-bond acceptors (Lipinski definition) is 4. The summed E-state index contributed by atoms with van der Waals surface area (Å²) < 4.78 is 28.5. The van der Waals surface area contributed by atoms with E-state index in [1.165, 1.54) is 23.4 Å². The molecule has 2 saturated heterocycles. The van der Waals surface area contributed by atoms with Crippen molar-refractivity contribution in [3.63, 3.8) is 0 Å². The number of Topliss-reactive ketones (excluding diaryl/α,β-unsaturated/α-hetero) is 1. The standard InChI is InChI=1S/C21H21ClN2O4S/c1-13(25)23-16-6-2-14(3-7-16)21-19-11-8-17(12-20(19)26)24(21)29(27,28)18-9-4-15(22)5-10-18/h2-7,9-10,17,19,21H,8,11-12H2,1H3,(H,23,25)/t17-,19+,21+/m0/s1. The van der Waals surface area contributed by atoms with E-state index >= 15 is 0 Å². The van der Waals surface area contributed by atoms with E-state index in [0.717, 1.165) is 5.56 Å². The Morgan fingerprint density at radius 3 is 2.31 bits per heavy atom. The van der Waals surface area contributed by atoms with Crippen LogP contribution < -0.4 is 5.32 Å². The van der Waals surface area contributed by atoms with E-state index in [1.807, 2.05) is 0 Å². The van der Waals surface area contributed by atoms with Crippen LogP contribution in [0.25, 0.3) is 0 Å². The average molecular weight is 433 g/mol. The number of benzene rings is 2. The summed E-state index contributed by atoms with van der Waals surface area (Å²) in [7, 11) is -3.81. The lowest BCUT2D eigenvalue weighted by atomic mass is 9.73. The number of nitrogens with one attached hydrogen (secondary N) is 1. The van der Waals surface area contributed by atoms with Gasteiger partial charge in [0.1, 0.15) is 5.78 Å². The third-order valence-corrected chi connectivity index (χ3v) is 7.84. The van der Waals surface area contributed by atoms with Crippen molar-refractivity contribution in [1.82, 2.24) is 4.31 Å². The maximum Gasteiger partial charge on any atom is 0.243 e. The van der Waals surface area contributed by atoms with E-state index < -0.39 is 16.1 Å². The first-order chi connectivity index (χ1) is 13.8. The lowest BCUT2D eigenvalue weighted by Gasteiger charge is -2.49. The number of sulfonamides is 1. The average Bonchev–Trinajstić information content (AvgIpc) is 2.68. The van der Waals surface area contributed by atoms with Gasteiger partial charge in [-0.25, -0.2) is 8.42 Å². The highest BCUT2D eigenvalue weighted by molar-refractivity contribution is 7.89.